The third kappa shape index (κ3) is 6.34. The van der Waals surface area contributed by atoms with Gasteiger partial charge < -0.3 is 10.5 Å². The monoisotopic (exact) mass is 223 g/mol. The smallest absolute Gasteiger partial charge is 0.152 e. The minimum atomic E-state index is -2.91. The second-order valence-corrected chi connectivity index (χ2v) is 6.27. The Hall–Kier alpha value is -0.130. The van der Waals surface area contributed by atoms with Crippen molar-refractivity contribution in [1.29, 1.82) is 0 Å². The van der Waals surface area contributed by atoms with E-state index in [-0.39, 0.29) is 23.7 Å². The summed E-state index contributed by atoms with van der Waals surface area (Å²) in [6, 6.07) is 0. The quantitative estimate of drug-likeness (QED) is 0.640. The van der Waals surface area contributed by atoms with Crippen LogP contribution >= 0.6 is 0 Å². The normalized spacial score (nSPS) is 16.6. The van der Waals surface area contributed by atoms with Crippen molar-refractivity contribution < 1.29 is 13.2 Å². The standard InChI is InChI=1S/C9H21NO3S/c1-4-9(3,10)8-13-6-7-14(11,12)5-2/h4-8,10H2,1-3H3. The lowest BCUT2D eigenvalue weighted by molar-refractivity contribution is 0.101. The molecule has 0 fully saturated rings. The molecular formula is C9H21NO3S. The Morgan fingerprint density at radius 3 is 2.36 bits per heavy atom. The number of rotatable bonds is 7. The Bertz CT molecular complexity index is 247. The van der Waals surface area contributed by atoms with Gasteiger partial charge in [0.2, 0.25) is 0 Å². The van der Waals surface area contributed by atoms with Gasteiger partial charge >= 0.3 is 0 Å². The molecule has 0 aliphatic heterocycles. The number of hydrogen-bond donors (Lipinski definition) is 1. The molecule has 86 valence electrons. The van der Waals surface area contributed by atoms with Crippen LogP contribution in [-0.2, 0) is 14.6 Å². The van der Waals surface area contributed by atoms with Crippen LogP contribution in [0.3, 0.4) is 0 Å². The molecule has 5 heteroatoms. The molecular weight excluding hydrogens is 202 g/mol. The van der Waals surface area contributed by atoms with E-state index in [0.717, 1.165) is 6.42 Å². The first-order valence-corrected chi connectivity index (χ1v) is 6.72. The third-order valence-corrected chi connectivity index (χ3v) is 3.89. The molecule has 0 aromatic carbocycles. The maximum atomic E-state index is 11.1. The van der Waals surface area contributed by atoms with Gasteiger partial charge in [-0.3, -0.25) is 0 Å². The summed E-state index contributed by atoms with van der Waals surface area (Å²) >= 11 is 0. The van der Waals surface area contributed by atoms with Gasteiger partial charge in [-0.1, -0.05) is 13.8 Å². The van der Waals surface area contributed by atoms with E-state index in [1.807, 2.05) is 13.8 Å². The summed E-state index contributed by atoms with van der Waals surface area (Å²) in [6.45, 7) is 6.15. The fourth-order valence-electron chi connectivity index (χ4n) is 0.738. The molecule has 0 aromatic heterocycles. The zero-order chi connectivity index (χ0) is 11.2. The van der Waals surface area contributed by atoms with Crippen molar-refractivity contribution >= 4 is 9.84 Å². The highest BCUT2D eigenvalue weighted by molar-refractivity contribution is 7.91. The van der Waals surface area contributed by atoms with Crippen molar-refractivity contribution in [3.8, 4) is 0 Å². The van der Waals surface area contributed by atoms with Crippen LogP contribution in [0.4, 0.5) is 0 Å². The first-order chi connectivity index (χ1) is 6.33. The zero-order valence-electron chi connectivity index (χ0n) is 9.25. The molecule has 14 heavy (non-hydrogen) atoms. The molecule has 4 nitrogen and oxygen atoms in total. The lowest BCUT2D eigenvalue weighted by atomic mass is 10.0. The van der Waals surface area contributed by atoms with Crippen molar-refractivity contribution in [2.24, 2.45) is 5.73 Å². The molecule has 1 unspecified atom stereocenters. The molecule has 2 N–H and O–H groups in total. The Labute approximate surface area is 86.7 Å². The van der Waals surface area contributed by atoms with Gasteiger partial charge in [0.15, 0.2) is 9.84 Å². The molecule has 0 bridgehead atoms. The van der Waals surface area contributed by atoms with Gasteiger partial charge in [0, 0.05) is 11.3 Å². The largest absolute Gasteiger partial charge is 0.379 e. The number of hydrogen-bond acceptors (Lipinski definition) is 4. The molecule has 0 heterocycles. The first-order valence-electron chi connectivity index (χ1n) is 4.90. The van der Waals surface area contributed by atoms with E-state index < -0.39 is 9.84 Å². The van der Waals surface area contributed by atoms with Gasteiger partial charge in [-0.15, -0.1) is 0 Å². The van der Waals surface area contributed by atoms with Crippen LogP contribution in [0.25, 0.3) is 0 Å². The fourth-order valence-corrected chi connectivity index (χ4v) is 1.40. The first kappa shape index (κ1) is 13.9. The summed E-state index contributed by atoms with van der Waals surface area (Å²) in [4.78, 5) is 0. The average Bonchev–Trinajstić information content (AvgIpc) is 2.13. The van der Waals surface area contributed by atoms with Gasteiger partial charge in [-0.25, -0.2) is 8.42 Å². The van der Waals surface area contributed by atoms with E-state index in [9.17, 15) is 8.42 Å². The molecule has 0 aromatic rings. The van der Waals surface area contributed by atoms with Gasteiger partial charge in [-0.2, -0.15) is 0 Å². The van der Waals surface area contributed by atoms with E-state index in [1.165, 1.54) is 0 Å². The maximum absolute atomic E-state index is 11.1. The molecule has 1 atom stereocenters. The van der Waals surface area contributed by atoms with Crippen LogP contribution in [0.5, 0.6) is 0 Å². The summed E-state index contributed by atoms with van der Waals surface area (Å²) in [5.74, 6) is 0.257. The SMILES string of the molecule is CCC(C)(N)COCCS(=O)(=O)CC. The number of ether oxygens (including phenoxy) is 1. The minimum absolute atomic E-state index is 0.0866. The fraction of sp³-hybridized carbons (Fsp3) is 1.00. The predicted octanol–water partition coefficient (Wildman–Crippen LogP) is 0.565. The Morgan fingerprint density at radius 1 is 1.36 bits per heavy atom. The lowest BCUT2D eigenvalue weighted by Gasteiger charge is -2.22. The van der Waals surface area contributed by atoms with Crippen LogP contribution in [0.1, 0.15) is 27.2 Å². The molecule has 0 radical (unpaired) electrons. The number of sulfone groups is 1. The van der Waals surface area contributed by atoms with Crippen LogP contribution in [0.15, 0.2) is 0 Å². The minimum Gasteiger partial charge on any atom is -0.379 e. The molecule has 0 aliphatic rings. The average molecular weight is 223 g/mol. The molecule has 0 saturated carbocycles. The van der Waals surface area contributed by atoms with Crippen LogP contribution in [-0.4, -0.2) is 38.7 Å². The van der Waals surface area contributed by atoms with Crippen LogP contribution in [0.2, 0.25) is 0 Å². The Morgan fingerprint density at radius 2 is 1.93 bits per heavy atom. The van der Waals surface area contributed by atoms with E-state index in [0.29, 0.717) is 6.61 Å². The zero-order valence-corrected chi connectivity index (χ0v) is 10.1. The van der Waals surface area contributed by atoms with Crippen LogP contribution in [0, 0.1) is 0 Å². The Kier molecular flexibility index (Phi) is 5.63. The van der Waals surface area contributed by atoms with E-state index in [1.54, 1.807) is 6.92 Å². The molecule has 0 rings (SSSR count). The Balaban J connectivity index is 3.68. The summed E-state index contributed by atoms with van der Waals surface area (Å²) < 4.78 is 27.4. The predicted molar refractivity (Wildman–Crippen MR) is 58.0 cm³/mol. The van der Waals surface area contributed by atoms with E-state index in [2.05, 4.69) is 0 Å². The third-order valence-electron chi connectivity index (χ3n) is 2.22. The molecule has 0 aliphatic carbocycles. The van der Waals surface area contributed by atoms with Crippen molar-refractivity contribution in [1.82, 2.24) is 0 Å². The van der Waals surface area contributed by atoms with E-state index >= 15 is 0 Å². The molecule has 0 saturated heterocycles. The van der Waals surface area contributed by atoms with Crippen molar-refractivity contribution in [3.63, 3.8) is 0 Å². The topological polar surface area (TPSA) is 69.4 Å². The lowest BCUT2D eigenvalue weighted by Crippen LogP contribution is -2.40. The highest BCUT2D eigenvalue weighted by Gasteiger charge is 2.16. The summed E-state index contributed by atoms with van der Waals surface area (Å²) in [6.07, 6.45) is 0.813. The van der Waals surface area contributed by atoms with E-state index in [4.69, 9.17) is 10.5 Å². The van der Waals surface area contributed by atoms with Crippen molar-refractivity contribution in [2.45, 2.75) is 32.7 Å². The second-order valence-electron chi connectivity index (χ2n) is 3.80. The van der Waals surface area contributed by atoms with Gasteiger partial charge in [0.25, 0.3) is 0 Å². The summed E-state index contributed by atoms with van der Waals surface area (Å²) in [5.41, 5.74) is 5.47. The van der Waals surface area contributed by atoms with Gasteiger partial charge in [-0.05, 0) is 13.3 Å². The highest BCUT2D eigenvalue weighted by Crippen LogP contribution is 2.04. The van der Waals surface area contributed by atoms with Gasteiger partial charge in [0.05, 0.1) is 19.0 Å². The summed E-state index contributed by atoms with van der Waals surface area (Å²) in [7, 11) is -2.91. The van der Waals surface area contributed by atoms with Crippen molar-refractivity contribution in [2.75, 3.05) is 24.7 Å². The molecule has 0 spiro atoms. The van der Waals surface area contributed by atoms with Gasteiger partial charge in [0.1, 0.15) is 0 Å². The maximum Gasteiger partial charge on any atom is 0.152 e. The summed E-state index contributed by atoms with van der Waals surface area (Å²) in [5, 5.41) is 0. The van der Waals surface area contributed by atoms with Crippen molar-refractivity contribution in [3.05, 3.63) is 0 Å². The highest BCUT2D eigenvalue weighted by atomic mass is 32.2. The number of nitrogens with two attached hydrogens (primary N) is 1. The van der Waals surface area contributed by atoms with Crippen LogP contribution < -0.4 is 5.73 Å². The molecule has 0 amide bonds. The second kappa shape index (κ2) is 5.68.